The van der Waals surface area contributed by atoms with Crippen LogP contribution in [0.5, 0.6) is 0 Å². The predicted molar refractivity (Wildman–Crippen MR) is 63.5 cm³/mol. The molecule has 1 aliphatic carbocycles. The zero-order valence-corrected chi connectivity index (χ0v) is 9.63. The third kappa shape index (κ3) is 2.55. The van der Waals surface area contributed by atoms with E-state index in [9.17, 15) is 0 Å². The van der Waals surface area contributed by atoms with Crippen LogP contribution in [-0.4, -0.2) is 15.7 Å². The summed E-state index contributed by atoms with van der Waals surface area (Å²) in [7, 11) is 0. The molecular formula is C10H13N5S. The van der Waals surface area contributed by atoms with Gasteiger partial charge in [0.1, 0.15) is 11.6 Å². The van der Waals surface area contributed by atoms with Crippen molar-refractivity contribution in [1.82, 2.24) is 9.97 Å². The molecule has 0 aliphatic heterocycles. The van der Waals surface area contributed by atoms with Crippen LogP contribution in [0.25, 0.3) is 0 Å². The summed E-state index contributed by atoms with van der Waals surface area (Å²) in [5.41, 5.74) is 11.3. The van der Waals surface area contributed by atoms with E-state index in [2.05, 4.69) is 16.0 Å². The van der Waals surface area contributed by atoms with Crippen LogP contribution in [0.1, 0.15) is 19.3 Å². The zero-order chi connectivity index (χ0) is 11.6. The van der Waals surface area contributed by atoms with Crippen LogP contribution in [0.3, 0.4) is 0 Å². The number of nitrogens with two attached hydrogens (primary N) is 2. The maximum absolute atomic E-state index is 8.70. The molecule has 0 amide bonds. The standard InChI is InChI=1S/C10H13N5S/c11-4-3-10(1-2-10)6-16-9-14-7(12)5-8(13)15-9/h5H,1-3,6H2,(H4,12,13,14,15). The van der Waals surface area contributed by atoms with Crippen molar-refractivity contribution in [3.05, 3.63) is 6.07 Å². The molecule has 0 bridgehead atoms. The van der Waals surface area contributed by atoms with Gasteiger partial charge in [-0.15, -0.1) is 0 Å². The summed E-state index contributed by atoms with van der Waals surface area (Å²) in [5, 5.41) is 9.30. The molecule has 84 valence electrons. The van der Waals surface area contributed by atoms with Gasteiger partial charge in [0, 0.05) is 18.2 Å². The number of nitriles is 1. The molecule has 0 saturated heterocycles. The van der Waals surface area contributed by atoms with E-state index in [4.69, 9.17) is 16.7 Å². The molecule has 1 aromatic rings. The summed E-state index contributed by atoms with van der Waals surface area (Å²) in [5.74, 6) is 1.64. The van der Waals surface area contributed by atoms with Gasteiger partial charge in [0.25, 0.3) is 0 Å². The number of anilines is 2. The Balaban J connectivity index is 1.97. The third-order valence-electron chi connectivity index (χ3n) is 2.66. The first-order valence-electron chi connectivity index (χ1n) is 5.03. The molecular weight excluding hydrogens is 222 g/mol. The Morgan fingerprint density at radius 3 is 2.50 bits per heavy atom. The molecule has 1 aliphatic rings. The molecule has 0 unspecified atom stereocenters. The van der Waals surface area contributed by atoms with Gasteiger partial charge >= 0.3 is 0 Å². The molecule has 2 rings (SSSR count). The smallest absolute Gasteiger partial charge is 0.191 e. The average Bonchev–Trinajstić information content (AvgIpc) is 2.95. The van der Waals surface area contributed by atoms with Crippen molar-refractivity contribution in [1.29, 1.82) is 5.26 Å². The van der Waals surface area contributed by atoms with Gasteiger partial charge in [0.05, 0.1) is 6.07 Å². The maximum atomic E-state index is 8.70. The summed E-state index contributed by atoms with van der Waals surface area (Å²) >= 11 is 1.52. The molecule has 4 N–H and O–H groups in total. The van der Waals surface area contributed by atoms with Gasteiger partial charge < -0.3 is 11.5 Å². The normalized spacial score (nSPS) is 16.7. The second-order valence-corrected chi connectivity index (χ2v) is 5.07. The van der Waals surface area contributed by atoms with Crippen molar-refractivity contribution in [3.8, 4) is 6.07 Å². The molecule has 16 heavy (non-hydrogen) atoms. The van der Waals surface area contributed by atoms with E-state index < -0.39 is 0 Å². The molecule has 1 fully saturated rings. The van der Waals surface area contributed by atoms with Gasteiger partial charge in [-0.1, -0.05) is 11.8 Å². The van der Waals surface area contributed by atoms with Crippen LogP contribution in [-0.2, 0) is 0 Å². The number of nitrogens with zero attached hydrogens (tertiary/aromatic N) is 3. The van der Waals surface area contributed by atoms with E-state index in [-0.39, 0.29) is 5.41 Å². The summed E-state index contributed by atoms with van der Waals surface area (Å²) in [6, 6.07) is 3.76. The van der Waals surface area contributed by atoms with Gasteiger partial charge in [0.2, 0.25) is 0 Å². The average molecular weight is 235 g/mol. The van der Waals surface area contributed by atoms with E-state index >= 15 is 0 Å². The number of hydrogen-bond acceptors (Lipinski definition) is 6. The van der Waals surface area contributed by atoms with Crippen LogP contribution in [0.15, 0.2) is 11.2 Å². The van der Waals surface area contributed by atoms with Crippen molar-refractivity contribution in [2.75, 3.05) is 17.2 Å². The fourth-order valence-electron chi connectivity index (χ4n) is 1.46. The van der Waals surface area contributed by atoms with E-state index in [1.165, 1.54) is 17.8 Å². The lowest BCUT2D eigenvalue weighted by molar-refractivity contribution is 0.603. The second-order valence-electron chi connectivity index (χ2n) is 4.12. The molecule has 0 aromatic carbocycles. The lowest BCUT2D eigenvalue weighted by atomic mass is 10.1. The molecule has 6 heteroatoms. The number of aromatic nitrogens is 2. The Morgan fingerprint density at radius 1 is 1.38 bits per heavy atom. The Hall–Kier alpha value is -1.48. The highest BCUT2D eigenvalue weighted by atomic mass is 32.2. The van der Waals surface area contributed by atoms with E-state index in [0.29, 0.717) is 23.2 Å². The van der Waals surface area contributed by atoms with Crippen LogP contribution in [0.4, 0.5) is 11.6 Å². The Bertz CT molecular complexity index is 415. The topological polar surface area (TPSA) is 102 Å². The van der Waals surface area contributed by atoms with Crippen molar-refractivity contribution in [3.63, 3.8) is 0 Å². The Morgan fingerprint density at radius 2 is 2.00 bits per heavy atom. The van der Waals surface area contributed by atoms with E-state index in [0.717, 1.165) is 18.6 Å². The molecule has 0 spiro atoms. The molecule has 0 atom stereocenters. The fourth-order valence-corrected chi connectivity index (χ4v) is 2.63. The van der Waals surface area contributed by atoms with Crippen LogP contribution >= 0.6 is 11.8 Å². The van der Waals surface area contributed by atoms with Crippen molar-refractivity contribution >= 4 is 23.4 Å². The minimum absolute atomic E-state index is 0.183. The first kappa shape index (κ1) is 11.0. The largest absolute Gasteiger partial charge is 0.383 e. The summed E-state index contributed by atoms with van der Waals surface area (Å²) < 4.78 is 0. The third-order valence-corrected chi connectivity index (χ3v) is 3.86. The van der Waals surface area contributed by atoms with Gasteiger partial charge in [-0.2, -0.15) is 5.26 Å². The number of rotatable bonds is 4. The Kier molecular flexibility index (Phi) is 2.88. The second kappa shape index (κ2) is 4.18. The highest BCUT2D eigenvalue weighted by molar-refractivity contribution is 7.99. The number of thioether (sulfide) groups is 1. The zero-order valence-electron chi connectivity index (χ0n) is 8.81. The quantitative estimate of drug-likeness (QED) is 0.604. The SMILES string of the molecule is N#CCC1(CSc2nc(N)cc(N)n2)CC1. The van der Waals surface area contributed by atoms with Gasteiger partial charge in [0.15, 0.2) is 5.16 Å². The lowest BCUT2D eigenvalue weighted by Crippen LogP contribution is -2.05. The number of hydrogen-bond donors (Lipinski definition) is 2. The molecule has 5 nitrogen and oxygen atoms in total. The minimum Gasteiger partial charge on any atom is -0.383 e. The van der Waals surface area contributed by atoms with E-state index in [1.807, 2.05) is 0 Å². The molecule has 1 heterocycles. The summed E-state index contributed by atoms with van der Waals surface area (Å²) in [4.78, 5) is 8.18. The van der Waals surface area contributed by atoms with E-state index in [1.54, 1.807) is 0 Å². The van der Waals surface area contributed by atoms with Gasteiger partial charge in [-0.05, 0) is 18.3 Å². The first-order chi connectivity index (χ1) is 7.63. The minimum atomic E-state index is 0.183. The van der Waals surface area contributed by atoms with Gasteiger partial charge in [-0.25, -0.2) is 9.97 Å². The predicted octanol–water partition coefficient (Wildman–Crippen LogP) is 1.43. The Labute approximate surface area is 98.2 Å². The van der Waals surface area contributed by atoms with Crippen LogP contribution in [0.2, 0.25) is 0 Å². The number of nitrogen functional groups attached to an aromatic ring is 2. The maximum Gasteiger partial charge on any atom is 0.191 e. The highest BCUT2D eigenvalue weighted by Gasteiger charge is 2.42. The van der Waals surface area contributed by atoms with Crippen LogP contribution in [0, 0.1) is 16.7 Å². The first-order valence-corrected chi connectivity index (χ1v) is 6.02. The van der Waals surface area contributed by atoms with Crippen molar-refractivity contribution in [2.45, 2.75) is 24.4 Å². The molecule has 1 aromatic heterocycles. The van der Waals surface area contributed by atoms with Gasteiger partial charge in [-0.3, -0.25) is 0 Å². The van der Waals surface area contributed by atoms with Crippen molar-refractivity contribution < 1.29 is 0 Å². The monoisotopic (exact) mass is 235 g/mol. The fraction of sp³-hybridized carbons (Fsp3) is 0.500. The lowest BCUT2D eigenvalue weighted by Gasteiger charge is -2.09. The highest BCUT2D eigenvalue weighted by Crippen LogP contribution is 2.51. The molecule has 1 saturated carbocycles. The summed E-state index contributed by atoms with van der Waals surface area (Å²) in [6.45, 7) is 0. The van der Waals surface area contributed by atoms with Crippen molar-refractivity contribution in [2.24, 2.45) is 5.41 Å². The molecule has 0 radical (unpaired) electrons. The van der Waals surface area contributed by atoms with Crippen LogP contribution < -0.4 is 11.5 Å². The summed E-state index contributed by atoms with van der Waals surface area (Å²) in [6.07, 6.45) is 2.84.